The summed E-state index contributed by atoms with van der Waals surface area (Å²) in [5.41, 5.74) is 1.21. The lowest BCUT2D eigenvalue weighted by Gasteiger charge is -2.17. The summed E-state index contributed by atoms with van der Waals surface area (Å²) in [5, 5.41) is 3.29. The van der Waals surface area contributed by atoms with Gasteiger partial charge in [-0.1, -0.05) is 27.2 Å². The highest BCUT2D eigenvalue weighted by Crippen LogP contribution is 2.28. The zero-order valence-corrected chi connectivity index (χ0v) is 10.9. The molecule has 86 valence electrons. The number of nitrogens with zero attached hydrogens (tertiary/aromatic N) is 1. The molecule has 2 nitrogen and oxygen atoms in total. The van der Waals surface area contributed by atoms with Crippen LogP contribution in [-0.2, 0) is 11.2 Å². The van der Waals surface area contributed by atoms with E-state index in [1.165, 1.54) is 5.69 Å². The van der Waals surface area contributed by atoms with Crippen molar-refractivity contribution >= 4 is 11.3 Å². The second-order valence-electron chi connectivity index (χ2n) is 4.05. The fraction of sp³-hybridized carbons (Fsp3) is 0.750. The van der Waals surface area contributed by atoms with Crippen LogP contribution in [0.2, 0.25) is 0 Å². The molecule has 1 heterocycles. The number of ether oxygens (including phenoxy) is 1. The largest absolute Gasteiger partial charge is 0.371 e. The van der Waals surface area contributed by atoms with Crippen molar-refractivity contribution in [2.75, 3.05) is 6.61 Å². The van der Waals surface area contributed by atoms with Crippen LogP contribution in [0.3, 0.4) is 0 Å². The summed E-state index contributed by atoms with van der Waals surface area (Å²) in [6.45, 7) is 9.34. The van der Waals surface area contributed by atoms with Crippen LogP contribution < -0.4 is 0 Å². The molecule has 1 aromatic rings. The Morgan fingerprint density at radius 1 is 1.40 bits per heavy atom. The molecule has 0 spiro atoms. The second kappa shape index (κ2) is 6.23. The minimum absolute atomic E-state index is 0.172. The Kier molecular flexibility index (Phi) is 5.26. The summed E-state index contributed by atoms with van der Waals surface area (Å²) in [5.74, 6) is 0.491. The lowest BCUT2D eigenvalue weighted by Crippen LogP contribution is -2.10. The van der Waals surface area contributed by atoms with Gasteiger partial charge in [0.05, 0.1) is 5.69 Å². The SMILES string of the molecule is CCCc1csc(C(OCC)C(C)C)n1. The first-order chi connectivity index (χ1) is 7.19. The molecule has 0 saturated carbocycles. The predicted octanol–water partition coefficient (Wildman–Crippen LogP) is 3.83. The number of aromatic nitrogens is 1. The van der Waals surface area contributed by atoms with Gasteiger partial charge in [0.15, 0.2) is 0 Å². The minimum Gasteiger partial charge on any atom is -0.371 e. The van der Waals surface area contributed by atoms with Gasteiger partial charge in [-0.2, -0.15) is 0 Å². The molecule has 0 radical (unpaired) electrons. The maximum Gasteiger partial charge on any atom is 0.122 e. The molecular formula is C12H21NOS. The number of aryl methyl sites for hydroxylation is 1. The fourth-order valence-corrected chi connectivity index (χ4v) is 2.62. The van der Waals surface area contributed by atoms with E-state index in [0.717, 1.165) is 24.5 Å². The van der Waals surface area contributed by atoms with Gasteiger partial charge < -0.3 is 4.74 Å². The average molecular weight is 227 g/mol. The van der Waals surface area contributed by atoms with Gasteiger partial charge in [-0.15, -0.1) is 11.3 Å². The van der Waals surface area contributed by atoms with Gasteiger partial charge in [-0.05, 0) is 19.3 Å². The third-order valence-corrected chi connectivity index (χ3v) is 3.23. The molecule has 1 atom stereocenters. The summed E-state index contributed by atoms with van der Waals surface area (Å²) in [6.07, 6.45) is 2.41. The third-order valence-electron chi connectivity index (χ3n) is 2.27. The van der Waals surface area contributed by atoms with Crippen LogP contribution in [-0.4, -0.2) is 11.6 Å². The van der Waals surface area contributed by atoms with E-state index in [1.807, 2.05) is 6.92 Å². The van der Waals surface area contributed by atoms with Crippen LogP contribution in [0.25, 0.3) is 0 Å². The van der Waals surface area contributed by atoms with Gasteiger partial charge in [-0.3, -0.25) is 0 Å². The molecule has 0 aliphatic carbocycles. The molecule has 0 N–H and O–H groups in total. The molecule has 15 heavy (non-hydrogen) atoms. The van der Waals surface area contributed by atoms with Crippen molar-refractivity contribution in [2.24, 2.45) is 5.92 Å². The van der Waals surface area contributed by atoms with Crippen LogP contribution in [0.4, 0.5) is 0 Å². The molecule has 1 rings (SSSR count). The highest BCUT2D eigenvalue weighted by molar-refractivity contribution is 7.09. The third kappa shape index (κ3) is 3.58. The Bertz CT molecular complexity index is 283. The van der Waals surface area contributed by atoms with E-state index >= 15 is 0 Å². The summed E-state index contributed by atoms with van der Waals surface area (Å²) in [6, 6.07) is 0. The van der Waals surface area contributed by atoms with E-state index in [4.69, 9.17) is 4.74 Å². The van der Waals surface area contributed by atoms with Gasteiger partial charge in [0, 0.05) is 12.0 Å². The summed E-state index contributed by atoms with van der Waals surface area (Å²) in [7, 11) is 0. The Labute approximate surface area is 96.7 Å². The van der Waals surface area contributed by atoms with E-state index in [0.29, 0.717) is 5.92 Å². The molecule has 0 amide bonds. The van der Waals surface area contributed by atoms with Gasteiger partial charge in [0.1, 0.15) is 11.1 Å². The maximum absolute atomic E-state index is 5.73. The van der Waals surface area contributed by atoms with Gasteiger partial charge in [-0.25, -0.2) is 4.98 Å². The Balaban J connectivity index is 2.72. The summed E-state index contributed by atoms with van der Waals surface area (Å²) < 4.78 is 5.73. The van der Waals surface area contributed by atoms with Crippen LogP contribution in [0.15, 0.2) is 5.38 Å². The molecule has 1 aromatic heterocycles. The second-order valence-corrected chi connectivity index (χ2v) is 4.94. The van der Waals surface area contributed by atoms with Crippen LogP contribution >= 0.6 is 11.3 Å². The molecule has 0 aromatic carbocycles. The number of thiazole rings is 1. The van der Waals surface area contributed by atoms with Crippen LogP contribution in [0, 0.1) is 5.92 Å². The highest BCUT2D eigenvalue weighted by Gasteiger charge is 2.19. The van der Waals surface area contributed by atoms with Crippen molar-refractivity contribution in [3.8, 4) is 0 Å². The van der Waals surface area contributed by atoms with Crippen molar-refractivity contribution in [1.82, 2.24) is 4.98 Å². The highest BCUT2D eigenvalue weighted by atomic mass is 32.1. The van der Waals surface area contributed by atoms with E-state index in [2.05, 4.69) is 31.1 Å². The predicted molar refractivity (Wildman–Crippen MR) is 65.3 cm³/mol. The van der Waals surface area contributed by atoms with Gasteiger partial charge in [0.25, 0.3) is 0 Å². The monoisotopic (exact) mass is 227 g/mol. The van der Waals surface area contributed by atoms with Gasteiger partial charge >= 0.3 is 0 Å². The van der Waals surface area contributed by atoms with Crippen LogP contribution in [0.1, 0.15) is 50.9 Å². The standard InChI is InChI=1S/C12H21NOS/c1-5-7-10-8-15-12(13-10)11(9(3)4)14-6-2/h8-9,11H,5-7H2,1-4H3. The first-order valence-electron chi connectivity index (χ1n) is 5.74. The Morgan fingerprint density at radius 2 is 2.13 bits per heavy atom. The maximum atomic E-state index is 5.73. The Hall–Kier alpha value is -0.410. The first kappa shape index (κ1) is 12.7. The van der Waals surface area contributed by atoms with E-state index in [1.54, 1.807) is 11.3 Å². The molecular weight excluding hydrogens is 206 g/mol. The normalized spacial score (nSPS) is 13.4. The molecule has 3 heteroatoms. The molecule has 0 aliphatic rings. The van der Waals surface area contributed by atoms with Crippen molar-refractivity contribution in [1.29, 1.82) is 0 Å². The minimum atomic E-state index is 0.172. The Morgan fingerprint density at radius 3 is 2.67 bits per heavy atom. The molecule has 1 unspecified atom stereocenters. The average Bonchev–Trinajstić information content (AvgIpc) is 2.62. The van der Waals surface area contributed by atoms with Gasteiger partial charge in [0.2, 0.25) is 0 Å². The van der Waals surface area contributed by atoms with E-state index in [-0.39, 0.29) is 6.10 Å². The topological polar surface area (TPSA) is 22.1 Å². The van der Waals surface area contributed by atoms with Crippen LogP contribution in [0.5, 0.6) is 0 Å². The molecule has 0 saturated heterocycles. The van der Waals surface area contributed by atoms with Crippen molar-refractivity contribution in [3.05, 3.63) is 16.1 Å². The van der Waals surface area contributed by atoms with E-state index in [9.17, 15) is 0 Å². The molecule has 0 fully saturated rings. The smallest absolute Gasteiger partial charge is 0.122 e. The van der Waals surface area contributed by atoms with Crippen molar-refractivity contribution in [2.45, 2.75) is 46.6 Å². The van der Waals surface area contributed by atoms with Crippen molar-refractivity contribution < 1.29 is 4.74 Å². The molecule has 0 bridgehead atoms. The lowest BCUT2D eigenvalue weighted by molar-refractivity contribution is 0.0292. The van der Waals surface area contributed by atoms with E-state index < -0.39 is 0 Å². The number of hydrogen-bond donors (Lipinski definition) is 0. The molecule has 0 aliphatic heterocycles. The zero-order chi connectivity index (χ0) is 11.3. The number of rotatable bonds is 6. The fourth-order valence-electron chi connectivity index (χ4n) is 1.55. The van der Waals surface area contributed by atoms with Crippen molar-refractivity contribution in [3.63, 3.8) is 0 Å². The number of hydrogen-bond acceptors (Lipinski definition) is 3. The summed E-state index contributed by atoms with van der Waals surface area (Å²) >= 11 is 1.73. The lowest BCUT2D eigenvalue weighted by atomic mass is 10.1. The summed E-state index contributed by atoms with van der Waals surface area (Å²) in [4.78, 5) is 4.63. The first-order valence-corrected chi connectivity index (χ1v) is 6.62. The quantitative estimate of drug-likeness (QED) is 0.737. The zero-order valence-electron chi connectivity index (χ0n) is 10.1.